The van der Waals surface area contributed by atoms with Crippen LogP contribution in [-0.2, 0) is 9.59 Å². The van der Waals surface area contributed by atoms with Gasteiger partial charge in [-0.1, -0.05) is 53.5 Å². The van der Waals surface area contributed by atoms with E-state index >= 15 is 0 Å². The van der Waals surface area contributed by atoms with E-state index in [1.54, 1.807) is 97.2 Å². The number of anilines is 2. The zero-order valence-electron chi connectivity index (χ0n) is 24.1. The maximum atomic E-state index is 13.4. The van der Waals surface area contributed by atoms with Crippen molar-refractivity contribution in [2.24, 2.45) is 0 Å². The summed E-state index contributed by atoms with van der Waals surface area (Å²) < 4.78 is 13.2. The highest BCUT2D eigenvalue weighted by Crippen LogP contribution is 2.29. The van der Waals surface area contributed by atoms with Gasteiger partial charge in [-0.3, -0.25) is 14.4 Å². The Hall–Kier alpha value is -4.48. The topological polar surface area (TPSA) is 100 Å². The number of thiazole rings is 1. The molecule has 5 aromatic rings. The number of nitrogens with one attached hydrogen (secondary N) is 3. The van der Waals surface area contributed by atoms with Crippen LogP contribution < -0.4 is 16.0 Å². The number of nitrogens with zero attached hydrogens (tertiary/aromatic N) is 1. The van der Waals surface area contributed by atoms with Crippen LogP contribution in [0.2, 0.25) is 10.0 Å². The lowest BCUT2D eigenvalue weighted by Gasteiger charge is -2.13. The fourth-order valence-corrected chi connectivity index (χ4v) is 6.05. The first kappa shape index (κ1) is 32.9. The smallest absolute Gasteiger partial charge is 0.272 e. The van der Waals surface area contributed by atoms with E-state index in [1.165, 1.54) is 41.3 Å². The lowest BCUT2D eigenvalue weighted by molar-refractivity contribution is -0.115. The molecule has 12 heteroatoms. The molecule has 4 aromatic carbocycles. The van der Waals surface area contributed by atoms with Crippen LogP contribution in [0.1, 0.15) is 22.8 Å². The average Bonchev–Trinajstić information content (AvgIpc) is 3.52. The van der Waals surface area contributed by atoms with Gasteiger partial charge < -0.3 is 16.0 Å². The molecule has 0 bridgehead atoms. The third kappa shape index (κ3) is 8.61. The molecule has 1 unspecified atom stereocenters. The third-order valence-corrected chi connectivity index (χ3v) is 9.18. The van der Waals surface area contributed by atoms with Crippen molar-refractivity contribution in [3.8, 4) is 11.3 Å². The summed E-state index contributed by atoms with van der Waals surface area (Å²) >= 11 is 15.1. The zero-order chi connectivity index (χ0) is 32.6. The molecule has 0 aliphatic heterocycles. The molecule has 3 amide bonds. The van der Waals surface area contributed by atoms with Gasteiger partial charge in [0.25, 0.3) is 11.8 Å². The SMILES string of the molecule is CC(Sc1ccc(NC(=O)/C(=C/c2cccc(Cl)c2Cl)NC(=O)c2ccccc2)cc1)C(=O)Nc1nc(-c2ccc(F)cc2)cs1. The van der Waals surface area contributed by atoms with Crippen molar-refractivity contribution >= 4 is 80.9 Å². The van der Waals surface area contributed by atoms with E-state index in [-0.39, 0.29) is 22.4 Å². The fourth-order valence-electron chi connectivity index (χ4n) is 4.09. The molecule has 46 heavy (non-hydrogen) atoms. The van der Waals surface area contributed by atoms with E-state index in [1.807, 2.05) is 0 Å². The molecule has 0 saturated heterocycles. The van der Waals surface area contributed by atoms with Gasteiger partial charge in [-0.25, -0.2) is 9.37 Å². The highest BCUT2D eigenvalue weighted by atomic mass is 35.5. The van der Waals surface area contributed by atoms with Crippen LogP contribution in [-0.4, -0.2) is 28.0 Å². The van der Waals surface area contributed by atoms with Crippen LogP contribution in [0.25, 0.3) is 17.3 Å². The van der Waals surface area contributed by atoms with E-state index in [2.05, 4.69) is 20.9 Å². The summed E-state index contributed by atoms with van der Waals surface area (Å²) in [6.07, 6.45) is 1.46. The van der Waals surface area contributed by atoms with Crippen LogP contribution >= 0.6 is 46.3 Å². The Balaban J connectivity index is 1.23. The van der Waals surface area contributed by atoms with E-state index in [0.29, 0.717) is 32.7 Å². The summed E-state index contributed by atoms with van der Waals surface area (Å²) in [5.41, 5.74) is 2.66. The number of hydrogen-bond donors (Lipinski definition) is 3. The summed E-state index contributed by atoms with van der Waals surface area (Å²) in [4.78, 5) is 44.4. The third-order valence-electron chi connectivity index (χ3n) is 6.48. The molecule has 0 saturated carbocycles. The van der Waals surface area contributed by atoms with Crippen LogP contribution in [0.5, 0.6) is 0 Å². The molecule has 0 aliphatic carbocycles. The number of hydrogen-bond acceptors (Lipinski definition) is 6. The average molecular weight is 692 g/mol. The molecule has 232 valence electrons. The lowest BCUT2D eigenvalue weighted by Crippen LogP contribution is -2.30. The molecule has 3 N–H and O–H groups in total. The summed E-state index contributed by atoms with van der Waals surface area (Å²) in [6, 6.07) is 26.4. The van der Waals surface area contributed by atoms with Gasteiger partial charge in [0.05, 0.1) is 21.0 Å². The Morgan fingerprint density at radius 1 is 0.891 bits per heavy atom. The second-order valence-corrected chi connectivity index (χ2v) is 12.9. The molecule has 0 fully saturated rings. The van der Waals surface area contributed by atoms with Crippen LogP contribution in [0.15, 0.2) is 113 Å². The molecule has 0 aliphatic rings. The van der Waals surface area contributed by atoms with Gasteiger partial charge in [0.2, 0.25) is 5.91 Å². The molecule has 5 rings (SSSR count). The molecule has 7 nitrogen and oxygen atoms in total. The number of carbonyl (C=O) groups is 3. The van der Waals surface area contributed by atoms with Gasteiger partial charge in [0, 0.05) is 27.1 Å². The normalized spacial score (nSPS) is 11.9. The van der Waals surface area contributed by atoms with Crippen molar-refractivity contribution in [3.63, 3.8) is 0 Å². The van der Waals surface area contributed by atoms with Crippen molar-refractivity contribution in [3.05, 3.63) is 135 Å². The molecular formula is C34H25Cl2FN4O3S2. The number of carbonyl (C=O) groups excluding carboxylic acids is 3. The Bertz CT molecular complexity index is 1900. The summed E-state index contributed by atoms with van der Waals surface area (Å²) in [5, 5.41) is 10.6. The van der Waals surface area contributed by atoms with Crippen LogP contribution in [0, 0.1) is 5.82 Å². The predicted molar refractivity (Wildman–Crippen MR) is 185 cm³/mol. The largest absolute Gasteiger partial charge is 0.321 e. The fraction of sp³-hybridized carbons (Fsp3) is 0.0588. The molecule has 0 radical (unpaired) electrons. The summed E-state index contributed by atoms with van der Waals surface area (Å²) in [6.45, 7) is 1.78. The predicted octanol–water partition coefficient (Wildman–Crippen LogP) is 8.78. The maximum absolute atomic E-state index is 13.4. The van der Waals surface area contributed by atoms with Crippen molar-refractivity contribution in [1.29, 1.82) is 0 Å². The number of halogens is 3. The second-order valence-electron chi connectivity index (χ2n) is 9.79. The minimum atomic E-state index is -0.572. The summed E-state index contributed by atoms with van der Waals surface area (Å²) in [5.74, 6) is -1.60. The minimum absolute atomic E-state index is 0.0356. The monoisotopic (exact) mass is 690 g/mol. The number of rotatable bonds is 10. The molecule has 1 atom stereocenters. The number of amides is 3. The highest BCUT2D eigenvalue weighted by molar-refractivity contribution is 8.00. The molecule has 1 aromatic heterocycles. The van der Waals surface area contributed by atoms with E-state index in [0.717, 1.165) is 10.5 Å². The zero-order valence-corrected chi connectivity index (χ0v) is 27.2. The van der Waals surface area contributed by atoms with Crippen molar-refractivity contribution in [2.75, 3.05) is 10.6 Å². The van der Waals surface area contributed by atoms with Gasteiger partial charge in [0.15, 0.2) is 5.13 Å². The number of benzene rings is 4. The lowest BCUT2D eigenvalue weighted by atomic mass is 10.1. The highest BCUT2D eigenvalue weighted by Gasteiger charge is 2.18. The van der Waals surface area contributed by atoms with Crippen molar-refractivity contribution in [2.45, 2.75) is 17.1 Å². The van der Waals surface area contributed by atoms with Crippen molar-refractivity contribution in [1.82, 2.24) is 10.3 Å². The van der Waals surface area contributed by atoms with E-state index in [9.17, 15) is 18.8 Å². The van der Waals surface area contributed by atoms with Crippen LogP contribution in [0.4, 0.5) is 15.2 Å². The molecule has 0 spiro atoms. The van der Waals surface area contributed by atoms with E-state index in [4.69, 9.17) is 23.2 Å². The minimum Gasteiger partial charge on any atom is -0.321 e. The Kier molecular flexibility index (Phi) is 10.9. The first-order valence-electron chi connectivity index (χ1n) is 13.8. The first-order chi connectivity index (χ1) is 22.2. The molecular weight excluding hydrogens is 666 g/mol. The quantitative estimate of drug-likeness (QED) is 0.100. The van der Waals surface area contributed by atoms with Crippen molar-refractivity contribution < 1.29 is 18.8 Å². The van der Waals surface area contributed by atoms with Gasteiger partial charge in [-0.05, 0) is 85.3 Å². The number of aromatic nitrogens is 1. The first-order valence-corrected chi connectivity index (χ1v) is 16.3. The van der Waals surface area contributed by atoms with Gasteiger partial charge in [0.1, 0.15) is 11.5 Å². The maximum Gasteiger partial charge on any atom is 0.272 e. The molecule has 1 heterocycles. The second kappa shape index (κ2) is 15.2. The van der Waals surface area contributed by atoms with Gasteiger partial charge in [-0.2, -0.15) is 0 Å². The number of thioether (sulfide) groups is 1. The Morgan fingerprint density at radius 2 is 1.61 bits per heavy atom. The van der Waals surface area contributed by atoms with Crippen LogP contribution in [0.3, 0.4) is 0 Å². The Labute approximate surface area is 282 Å². The van der Waals surface area contributed by atoms with E-state index < -0.39 is 17.1 Å². The standard InChI is InChI=1S/C34H25Cl2FN4O3S2/c1-20(31(42)41-34-40-29(19-45-34)21-10-12-24(37)13-11-21)46-26-16-14-25(15-17-26)38-33(44)28(18-23-8-5-9-27(35)30(23)36)39-32(43)22-6-3-2-4-7-22/h2-20H,1H3,(H,38,44)(H,39,43)(H,40,41,42)/b28-18-. The van der Waals surface area contributed by atoms with Gasteiger partial charge >= 0.3 is 0 Å². The Morgan fingerprint density at radius 3 is 2.33 bits per heavy atom. The summed E-state index contributed by atoms with van der Waals surface area (Å²) in [7, 11) is 0. The van der Waals surface area contributed by atoms with Gasteiger partial charge in [-0.15, -0.1) is 23.1 Å².